The van der Waals surface area contributed by atoms with Crippen LogP contribution in [-0.4, -0.2) is 4.98 Å². The largest absolute Gasteiger partial charge is 0.457 e. The average Bonchev–Trinajstić information content (AvgIpc) is 3.10. The van der Waals surface area contributed by atoms with Crippen molar-refractivity contribution >= 4 is 17.1 Å². The van der Waals surface area contributed by atoms with Crippen LogP contribution in [0.5, 0.6) is 11.5 Å². The van der Waals surface area contributed by atoms with Crippen LogP contribution < -0.4 is 9.64 Å². The zero-order valence-corrected chi connectivity index (χ0v) is 26.0. The summed E-state index contributed by atoms with van der Waals surface area (Å²) in [5.41, 5.74) is 12.1. The molecule has 0 saturated heterocycles. The van der Waals surface area contributed by atoms with Gasteiger partial charge in [-0.1, -0.05) is 109 Å². The Bertz CT molecular complexity index is 2030. The molecule has 0 aliphatic heterocycles. The van der Waals surface area contributed by atoms with Gasteiger partial charge >= 0.3 is 0 Å². The third-order valence-electron chi connectivity index (χ3n) is 8.06. The maximum absolute atomic E-state index is 6.59. The van der Waals surface area contributed by atoms with Crippen molar-refractivity contribution < 1.29 is 4.74 Å². The van der Waals surface area contributed by atoms with Crippen LogP contribution in [0.3, 0.4) is 0 Å². The van der Waals surface area contributed by atoms with Gasteiger partial charge in [-0.15, -0.1) is 0 Å². The molecule has 1 aromatic heterocycles. The maximum Gasteiger partial charge on any atom is 0.130 e. The van der Waals surface area contributed by atoms with Gasteiger partial charge in [0.25, 0.3) is 0 Å². The highest BCUT2D eigenvalue weighted by molar-refractivity contribution is 5.98. The number of pyridine rings is 1. The lowest BCUT2D eigenvalue weighted by Gasteiger charge is -2.31. The molecule has 0 N–H and O–H groups in total. The highest BCUT2D eigenvalue weighted by Crippen LogP contribution is 2.48. The number of rotatable bonds is 8. The first kappa shape index (κ1) is 28.8. The number of aromatic nitrogens is 1. The van der Waals surface area contributed by atoms with Crippen LogP contribution in [0.25, 0.3) is 33.4 Å². The molecule has 0 amide bonds. The van der Waals surface area contributed by atoms with Crippen LogP contribution in [-0.2, 0) is 0 Å². The number of nitrogens with zero attached hydrogens (tertiary/aromatic N) is 2. The lowest BCUT2D eigenvalue weighted by molar-refractivity contribution is 0.482. The molecule has 7 rings (SSSR count). The second-order valence-electron chi connectivity index (χ2n) is 11.5. The number of hydrogen-bond donors (Lipinski definition) is 0. The molecule has 1 heterocycles. The zero-order valence-electron chi connectivity index (χ0n) is 26.0. The zero-order chi connectivity index (χ0) is 31.3. The molecule has 0 atom stereocenters. The SMILES string of the molecule is Cc1cccc(Oc2cc(-c3cccnc3)cc(N(c3cccc(C)c3)c3c(-c4ccccc4)cccc3-c3ccccc3)c2)c1. The Kier molecular flexibility index (Phi) is 8.13. The summed E-state index contributed by atoms with van der Waals surface area (Å²) in [6.45, 7) is 4.22. The van der Waals surface area contributed by atoms with E-state index in [4.69, 9.17) is 4.74 Å². The predicted octanol–water partition coefficient (Wildman–Crippen LogP) is 12.0. The molecular formula is C43H34N2O. The highest BCUT2D eigenvalue weighted by atomic mass is 16.5. The monoisotopic (exact) mass is 594 g/mol. The van der Waals surface area contributed by atoms with Crippen LogP contribution in [0.15, 0.2) is 170 Å². The summed E-state index contributed by atoms with van der Waals surface area (Å²) in [7, 11) is 0. The first-order valence-corrected chi connectivity index (χ1v) is 15.5. The van der Waals surface area contributed by atoms with Gasteiger partial charge in [-0.3, -0.25) is 4.98 Å². The van der Waals surface area contributed by atoms with Gasteiger partial charge < -0.3 is 9.64 Å². The number of aryl methyl sites for hydroxylation is 2. The van der Waals surface area contributed by atoms with E-state index in [0.717, 1.165) is 67.5 Å². The van der Waals surface area contributed by atoms with Crippen LogP contribution in [0, 0.1) is 13.8 Å². The summed E-state index contributed by atoms with van der Waals surface area (Å²) >= 11 is 0. The number of benzene rings is 6. The van der Waals surface area contributed by atoms with Crippen molar-refractivity contribution in [2.24, 2.45) is 0 Å². The van der Waals surface area contributed by atoms with Crippen molar-refractivity contribution in [2.45, 2.75) is 13.8 Å². The maximum atomic E-state index is 6.59. The van der Waals surface area contributed by atoms with Crippen LogP contribution in [0.2, 0.25) is 0 Å². The minimum Gasteiger partial charge on any atom is -0.457 e. The van der Waals surface area contributed by atoms with Crippen molar-refractivity contribution in [2.75, 3.05) is 4.90 Å². The molecule has 0 saturated carbocycles. The van der Waals surface area contributed by atoms with E-state index in [2.05, 4.69) is 163 Å². The highest BCUT2D eigenvalue weighted by Gasteiger charge is 2.23. The van der Waals surface area contributed by atoms with Gasteiger partial charge in [-0.05, 0) is 84.1 Å². The minimum absolute atomic E-state index is 0.748. The second-order valence-corrected chi connectivity index (χ2v) is 11.5. The summed E-state index contributed by atoms with van der Waals surface area (Å²) < 4.78 is 6.59. The first-order valence-electron chi connectivity index (χ1n) is 15.5. The smallest absolute Gasteiger partial charge is 0.130 e. The van der Waals surface area contributed by atoms with Gasteiger partial charge in [0, 0.05) is 40.8 Å². The quantitative estimate of drug-likeness (QED) is 0.175. The molecule has 7 aromatic rings. The van der Waals surface area contributed by atoms with Gasteiger partial charge in [0.2, 0.25) is 0 Å². The molecule has 6 aromatic carbocycles. The third kappa shape index (κ3) is 6.17. The Hall–Kier alpha value is -5.93. The van der Waals surface area contributed by atoms with E-state index in [1.165, 1.54) is 5.56 Å². The summed E-state index contributed by atoms with van der Waals surface area (Å²) in [5, 5.41) is 0. The van der Waals surface area contributed by atoms with E-state index in [1.54, 1.807) is 6.20 Å². The number of anilines is 3. The minimum atomic E-state index is 0.748. The van der Waals surface area contributed by atoms with E-state index in [9.17, 15) is 0 Å². The molecule has 0 aliphatic carbocycles. The Morgan fingerprint density at radius 1 is 0.457 bits per heavy atom. The molecule has 3 nitrogen and oxygen atoms in total. The van der Waals surface area contributed by atoms with E-state index >= 15 is 0 Å². The molecule has 0 bridgehead atoms. The fraction of sp³-hybridized carbons (Fsp3) is 0.0465. The van der Waals surface area contributed by atoms with Gasteiger partial charge in [-0.2, -0.15) is 0 Å². The van der Waals surface area contributed by atoms with Gasteiger partial charge in [0.1, 0.15) is 11.5 Å². The van der Waals surface area contributed by atoms with Gasteiger partial charge in [0.15, 0.2) is 0 Å². The molecule has 0 spiro atoms. The van der Waals surface area contributed by atoms with E-state index < -0.39 is 0 Å². The normalized spacial score (nSPS) is 10.8. The molecule has 0 unspecified atom stereocenters. The van der Waals surface area contributed by atoms with Crippen molar-refractivity contribution in [1.82, 2.24) is 4.98 Å². The van der Waals surface area contributed by atoms with E-state index in [1.807, 2.05) is 24.4 Å². The lowest BCUT2D eigenvalue weighted by atomic mass is 9.94. The Morgan fingerprint density at radius 2 is 1.09 bits per heavy atom. The fourth-order valence-corrected chi connectivity index (χ4v) is 5.95. The summed E-state index contributed by atoms with van der Waals surface area (Å²) in [4.78, 5) is 6.82. The second kappa shape index (κ2) is 13.0. The van der Waals surface area contributed by atoms with Crippen LogP contribution in [0.4, 0.5) is 17.1 Å². The van der Waals surface area contributed by atoms with E-state index in [0.29, 0.717) is 0 Å². The van der Waals surface area contributed by atoms with Gasteiger partial charge in [-0.25, -0.2) is 0 Å². The Morgan fingerprint density at radius 3 is 1.72 bits per heavy atom. The summed E-state index contributed by atoms with van der Waals surface area (Å²) in [5.74, 6) is 1.55. The molecule has 3 heteroatoms. The van der Waals surface area contributed by atoms with Crippen molar-refractivity contribution in [3.63, 3.8) is 0 Å². The summed E-state index contributed by atoms with van der Waals surface area (Å²) in [6.07, 6.45) is 3.71. The molecule has 0 radical (unpaired) electrons. The molecular weight excluding hydrogens is 560 g/mol. The topological polar surface area (TPSA) is 25.4 Å². The number of ether oxygens (including phenoxy) is 1. The van der Waals surface area contributed by atoms with Crippen LogP contribution in [0.1, 0.15) is 11.1 Å². The molecule has 222 valence electrons. The van der Waals surface area contributed by atoms with E-state index in [-0.39, 0.29) is 0 Å². The standard InChI is InChI=1S/C43H34N2O/c1-31-13-9-20-37(25-31)45(43-41(33-15-5-3-6-16-33)22-11-23-42(43)34-17-7-4-8-18-34)38-27-36(35-19-12-24-44-30-35)28-40(29-38)46-39-21-10-14-32(2)26-39/h3-30H,1-2H3. The summed E-state index contributed by atoms with van der Waals surface area (Å²) in [6, 6.07) is 55.2. The fourth-order valence-electron chi connectivity index (χ4n) is 5.95. The lowest BCUT2D eigenvalue weighted by Crippen LogP contribution is -2.13. The van der Waals surface area contributed by atoms with Crippen molar-refractivity contribution in [3.05, 3.63) is 181 Å². The predicted molar refractivity (Wildman–Crippen MR) is 191 cm³/mol. The van der Waals surface area contributed by atoms with Crippen LogP contribution >= 0.6 is 0 Å². The Balaban J connectivity index is 1.53. The molecule has 46 heavy (non-hydrogen) atoms. The van der Waals surface area contributed by atoms with Crippen molar-refractivity contribution in [3.8, 4) is 44.9 Å². The third-order valence-corrected chi connectivity index (χ3v) is 8.06. The van der Waals surface area contributed by atoms with Crippen molar-refractivity contribution in [1.29, 1.82) is 0 Å². The molecule has 0 fully saturated rings. The first-order chi connectivity index (χ1) is 22.6. The molecule has 0 aliphatic rings. The number of para-hydroxylation sites is 1. The average molecular weight is 595 g/mol. The number of hydrogen-bond acceptors (Lipinski definition) is 3. The van der Waals surface area contributed by atoms with Gasteiger partial charge in [0.05, 0.1) is 11.4 Å². The Labute approximate surface area is 271 Å².